The van der Waals surface area contributed by atoms with Crippen molar-refractivity contribution in [1.29, 1.82) is 0 Å². The van der Waals surface area contributed by atoms with Crippen LogP contribution in [-0.4, -0.2) is 33.3 Å². The molecular weight excluding hydrogens is 230 g/mol. The molecular formula is C13H21N3O2. The van der Waals surface area contributed by atoms with Crippen molar-refractivity contribution in [2.45, 2.75) is 52.7 Å². The fraction of sp³-hybridized carbons (Fsp3) is 0.692. The number of H-pyrrole nitrogens is 1. The Hall–Kier alpha value is -1.52. The van der Waals surface area contributed by atoms with Crippen molar-refractivity contribution in [3.8, 4) is 0 Å². The van der Waals surface area contributed by atoms with Crippen LogP contribution in [0, 0.1) is 6.92 Å². The van der Waals surface area contributed by atoms with Gasteiger partial charge < -0.3 is 9.64 Å². The maximum absolute atomic E-state index is 12.1. The van der Waals surface area contributed by atoms with E-state index in [0.717, 1.165) is 17.0 Å². The van der Waals surface area contributed by atoms with Crippen molar-refractivity contribution in [3.63, 3.8) is 0 Å². The van der Waals surface area contributed by atoms with Gasteiger partial charge in [0, 0.05) is 23.7 Å². The van der Waals surface area contributed by atoms with Crippen LogP contribution in [0.3, 0.4) is 0 Å². The van der Waals surface area contributed by atoms with Crippen molar-refractivity contribution in [3.05, 3.63) is 17.0 Å². The molecule has 1 aromatic heterocycles. The van der Waals surface area contributed by atoms with Crippen LogP contribution >= 0.6 is 0 Å². The number of rotatable bonds is 0. The summed E-state index contributed by atoms with van der Waals surface area (Å²) in [6.07, 6.45) is -0.249. The molecule has 0 aromatic carbocycles. The molecule has 2 rings (SSSR count). The zero-order chi connectivity index (χ0) is 13.5. The van der Waals surface area contributed by atoms with Gasteiger partial charge in [-0.1, -0.05) is 6.92 Å². The summed E-state index contributed by atoms with van der Waals surface area (Å²) in [6, 6.07) is 0. The van der Waals surface area contributed by atoms with Gasteiger partial charge in [-0.15, -0.1) is 0 Å². The lowest BCUT2D eigenvalue weighted by atomic mass is 9.97. The molecule has 0 saturated heterocycles. The molecule has 1 unspecified atom stereocenters. The molecule has 5 heteroatoms. The Balaban J connectivity index is 2.15. The molecule has 100 valence electrons. The Labute approximate surface area is 108 Å². The second-order valence-electron chi connectivity index (χ2n) is 5.97. The molecule has 0 saturated carbocycles. The van der Waals surface area contributed by atoms with Gasteiger partial charge in [0.1, 0.15) is 5.60 Å². The highest BCUT2D eigenvalue weighted by molar-refractivity contribution is 5.68. The minimum absolute atomic E-state index is 0.242. The first-order valence-corrected chi connectivity index (χ1v) is 6.29. The first-order valence-electron chi connectivity index (χ1n) is 6.29. The summed E-state index contributed by atoms with van der Waals surface area (Å²) in [5, 5.41) is 7.29. The number of amides is 1. The van der Waals surface area contributed by atoms with Crippen LogP contribution in [0.15, 0.2) is 0 Å². The number of carbonyl (C=O) groups excluding carboxylic acids is 1. The van der Waals surface area contributed by atoms with Gasteiger partial charge in [-0.25, -0.2) is 4.79 Å². The monoisotopic (exact) mass is 251 g/mol. The van der Waals surface area contributed by atoms with Crippen molar-refractivity contribution < 1.29 is 9.53 Å². The maximum atomic E-state index is 12.1. The molecule has 5 nitrogen and oxygen atoms in total. The lowest BCUT2D eigenvalue weighted by molar-refractivity contribution is 0.0208. The second kappa shape index (κ2) is 4.30. The molecule has 1 atom stereocenters. The highest BCUT2D eigenvalue weighted by Crippen LogP contribution is 2.28. The van der Waals surface area contributed by atoms with Crippen molar-refractivity contribution in [2.24, 2.45) is 0 Å². The third kappa shape index (κ3) is 2.49. The smallest absolute Gasteiger partial charge is 0.410 e. The molecule has 0 bridgehead atoms. The van der Waals surface area contributed by atoms with E-state index in [0.29, 0.717) is 13.1 Å². The van der Waals surface area contributed by atoms with Gasteiger partial charge in [-0.05, 0) is 27.7 Å². The van der Waals surface area contributed by atoms with E-state index in [2.05, 4.69) is 17.1 Å². The number of fused-ring (bicyclic) bond motifs is 1. The van der Waals surface area contributed by atoms with Gasteiger partial charge in [-0.2, -0.15) is 5.10 Å². The Morgan fingerprint density at radius 1 is 1.50 bits per heavy atom. The van der Waals surface area contributed by atoms with E-state index >= 15 is 0 Å². The van der Waals surface area contributed by atoms with Crippen LogP contribution in [0.25, 0.3) is 0 Å². The topological polar surface area (TPSA) is 58.2 Å². The summed E-state index contributed by atoms with van der Waals surface area (Å²) < 4.78 is 5.41. The Bertz CT molecular complexity index is 459. The fourth-order valence-electron chi connectivity index (χ4n) is 2.22. The van der Waals surface area contributed by atoms with Crippen LogP contribution in [0.4, 0.5) is 4.79 Å². The van der Waals surface area contributed by atoms with Crippen LogP contribution in [0.1, 0.15) is 50.6 Å². The van der Waals surface area contributed by atoms with Gasteiger partial charge in [0.25, 0.3) is 0 Å². The summed E-state index contributed by atoms with van der Waals surface area (Å²) in [4.78, 5) is 13.8. The maximum Gasteiger partial charge on any atom is 0.410 e. The third-order valence-corrected chi connectivity index (χ3v) is 3.07. The third-order valence-electron chi connectivity index (χ3n) is 3.07. The highest BCUT2D eigenvalue weighted by Gasteiger charge is 2.31. The van der Waals surface area contributed by atoms with E-state index in [1.54, 1.807) is 4.90 Å². The number of carbonyl (C=O) groups is 1. The number of aromatic amines is 1. The molecule has 1 aliphatic rings. The summed E-state index contributed by atoms with van der Waals surface area (Å²) in [5.41, 5.74) is 2.78. The van der Waals surface area contributed by atoms with Gasteiger partial charge >= 0.3 is 6.09 Å². The number of nitrogens with one attached hydrogen (secondary N) is 1. The highest BCUT2D eigenvalue weighted by atomic mass is 16.6. The average Bonchev–Trinajstić information content (AvgIpc) is 2.58. The Morgan fingerprint density at radius 2 is 2.17 bits per heavy atom. The van der Waals surface area contributed by atoms with Crippen molar-refractivity contribution in [1.82, 2.24) is 15.1 Å². The number of hydrogen-bond acceptors (Lipinski definition) is 3. The molecule has 1 N–H and O–H groups in total. The SMILES string of the molecule is Cc1[nH]nc2c1CN(C(=O)OC(C)(C)C)CC2C. The van der Waals surface area contributed by atoms with Crippen molar-refractivity contribution in [2.75, 3.05) is 6.54 Å². The Morgan fingerprint density at radius 3 is 2.78 bits per heavy atom. The molecule has 0 spiro atoms. The minimum atomic E-state index is -0.452. The second-order valence-corrected chi connectivity index (χ2v) is 5.97. The molecule has 1 aromatic rings. The van der Waals surface area contributed by atoms with E-state index < -0.39 is 5.60 Å². The molecule has 1 aliphatic heterocycles. The predicted octanol–water partition coefficient (Wildman–Crippen LogP) is 2.57. The first-order chi connectivity index (χ1) is 8.28. The zero-order valence-corrected chi connectivity index (χ0v) is 11.7. The van der Waals surface area contributed by atoms with E-state index in [9.17, 15) is 4.79 Å². The standard InChI is InChI=1S/C13H21N3O2/c1-8-6-16(12(17)18-13(3,4)5)7-10-9(2)14-15-11(8)10/h8H,6-7H2,1-5H3,(H,14,15). The average molecular weight is 251 g/mol. The van der Waals surface area contributed by atoms with Gasteiger partial charge in [0.15, 0.2) is 0 Å². The molecule has 1 amide bonds. The quantitative estimate of drug-likeness (QED) is 0.771. The van der Waals surface area contributed by atoms with E-state index in [4.69, 9.17) is 4.74 Å². The predicted molar refractivity (Wildman–Crippen MR) is 68.4 cm³/mol. The molecule has 0 fully saturated rings. The van der Waals surface area contributed by atoms with Crippen molar-refractivity contribution >= 4 is 6.09 Å². The van der Waals surface area contributed by atoms with Gasteiger partial charge in [0.05, 0.1) is 12.2 Å². The van der Waals surface area contributed by atoms with E-state index in [1.807, 2.05) is 27.7 Å². The summed E-state index contributed by atoms with van der Waals surface area (Å²) in [6.45, 7) is 10.9. The minimum Gasteiger partial charge on any atom is -0.444 e. The first kappa shape index (κ1) is 12.9. The molecule has 0 aliphatic carbocycles. The van der Waals surface area contributed by atoms with Crippen LogP contribution < -0.4 is 0 Å². The lowest BCUT2D eigenvalue weighted by Gasteiger charge is -2.32. The molecule has 18 heavy (non-hydrogen) atoms. The molecule has 2 heterocycles. The van der Waals surface area contributed by atoms with E-state index in [1.165, 1.54) is 0 Å². The normalized spacial score (nSPS) is 19.6. The fourth-order valence-corrected chi connectivity index (χ4v) is 2.22. The van der Waals surface area contributed by atoms with Gasteiger partial charge in [-0.3, -0.25) is 5.10 Å². The number of ether oxygens (including phenoxy) is 1. The number of nitrogens with zero attached hydrogens (tertiary/aromatic N) is 2. The summed E-state index contributed by atoms with van der Waals surface area (Å²) in [5.74, 6) is 0.242. The molecule has 0 radical (unpaired) electrons. The zero-order valence-electron chi connectivity index (χ0n) is 11.7. The lowest BCUT2D eigenvalue weighted by Crippen LogP contribution is -2.41. The number of aromatic nitrogens is 2. The number of hydrogen-bond donors (Lipinski definition) is 1. The number of aryl methyl sites for hydroxylation is 1. The van der Waals surface area contributed by atoms with E-state index in [-0.39, 0.29) is 12.0 Å². The summed E-state index contributed by atoms with van der Waals surface area (Å²) in [7, 11) is 0. The van der Waals surface area contributed by atoms with Crippen LogP contribution in [-0.2, 0) is 11.3 Å². The van der Waals surface area contributed by atoms with Crippen LogP contribution in [0.5, 0.6) is 0 Å². The van der Waals surface area contributed by atoms with Crippen LogP contribution in [0.2, 0.25) is 0 Å². The van der Waals surface area contributed by atoms with Gasteiger partial charge in [0.2, 0.25) is 0 Å². The Kier molecular flexibility index (Phi) is 3.09. The largest absolute Gasteiger partial charge is 0.444 e. The summed E-state index contributed by atoms with van der Waals surface area (Å²) >= 11 is 0.